The van der Waals surface area contributed by atoms with Gasteiger partial charge >= 0.3 is 0 Å². The third-order valence-electron chi connectivity index (χ3n) is 5.22. The zero-order chi connectivity index (χ0) is 19.5. The average Bonchev–Trinajstić information content (AvgIpc) is 2.98. The summed E-state index contributed by atoms with van der Waals surface area (Å²) < 4.78 is 8.64. The highest BCUT2D eigenvalue weighted by molar-refractivity contribution is 9.10. The number of benzene rings is 2. The Morgan fingerprint density at radius 3 is 2.71 bits per heavy atom. The molecule has 1 aliphatic rings. The summed E-state index contributed by atoms with van der Waals surface area (Å²) in [4.78, 5) is 15.2. The van der Waals surface area contributed by atoms with Crippen LogP contribution in [0.5, 0.6) is 0 Å². The zero-order valence-electron chi connectivity index (χ0n) is 15.9. The van der Waals surface area contributed by atoms with Gasteiger partial charge in [-0.05, 0) is 27.6 Å². The van der Waals surface area contributed by atoms with Gasteiger partial charge in [-0.2, -0.15) is 0 Å². The standard InChI is InChI=1S/C22H24BrN3O2/c1-25-19-10-6-5-9-18(19)20(23)21(25)22(27)24-13-17-15-26(11-12-28-17)14-16-7-3-2-4-8-16/h2-10,17H,11-15H2,1H3,(H,24,27). The number of halogens is 1. The Morgan fingerprint density at radius 2 is 1.93 bits per heavy atom. The second-order valence-electron chi connectivity index (χ2n) is 7.16. The van der Waals surface area contributed by atoms with Crippen molar-refractivity contribution >= 4 is 32.7 Å². The molecule has 5 nitrogen and oxygen atoms in total. The van der Waals surface area contributed by atoms with E-state index in [1.165, 1.54) is 5.56 Å². The minimum absolute atomic E-state index is 0.00475. The predicted octanol–water partition coefficient (Wildman–Crippen LogP) is 3.57. The molecule has 28 heavy (non-hydrogen) atoms. The van der Waals surface area contributed by atoms with E-state index < -0.39 is 0 Å². The van der Waals surface area contributed by atoms with Gasteiger partial charge < -0.3 is 14.6 Å². The highest BCUT2D eigenvalue weighted by atomic mass is 79.9. The summed E-state index contributed by atoms with van der Waals surface area (Å²) in [5, 5.41) is 4.09. The van der Waals surface area contributed by atoms with Crippen molar-refractivity contribution in [3.8, 4) is 0 Å². The molecule has 1 aliphatic heterocycles. The van der Waals surface area contributed by atoms with Crippen molar-refractivity contribution in [1.29, 1.82) is 0 Å². The Labute approximate surface area is 173 Å². The van der Waals surface area contributed by atoms with Crippen molar-refractivity contribution in [2.24, 2.45) is 7.05 Å². The summed E-state index contributed by atoms with van der Waals surface area (Å²) in [6, 6.07) is 18.4. The number of nitrogens with zero attached hydrogens (tertiary/aromatic N) is 2. The molecular formula is C22H24BrN3O2. The SMILES string of the molecule is Cn1c(C(=O)NCC2CN(Cc3ccccc3)CCO2)c(Br)c2ccccc21. The van der Waals surface area contributed by atoms with Gasteiger partial charge in [0.05, 0.1) is 17.2 Å². The van der Waals surface area contributed by atoms with Gasteiger partial charge in [0.25, 0.3) is 5.91 Å². The van der Waals surface area contributed by atoms with Gasteiger partial charge in [0.15, 0.2) is 0 Å². The molecule has 1 atom stereocenters. The van der Waals surface area contributed by atoms with E-state index in [2.05, 4.69) is 50.4 Å². The molecule has 6 heteroatoms. The molecule has 1 N–H and O–H groups in total. The molecule has 1 aromatic heterocycles. The fraction of sp³-hybridized carbons (Fsp3) is 0.318. The maximum Gasteiger partial charge on any atom is 0.269 e. The highest BCUT2D eigenvalue weighted by Crippen LogP contribution is 2.30. The molecule has 1 fully saturated rings. The van der Waals surface area contributed by atoms with Gasteiger partial charge in [-0.25, -0.2) is 0 Å². The number of aromatic nitrogens is 1. The van der Waals surface area contributed by atoms with Crippen molar-refractivity contribution in [2.45, 2.75) is 12.6 Å². The molecule has 1 saturated heterocycles. The van der Waals surface area contributed by atoms with E-state index in [0.717, 1.165) is 35.0 Å². The van der Waals surface area contributed by atoms with Crippen molar-refractivity contribution in [3.05, 3.63) is 70.3 Å². The van der Waals surface area contributed by atoms with E-state index in [-0.39, 0.29) is 12.0 Å². The smallest absolute Gasteiger partial charge is 0.269 e. The Balaban J connectivity index is 1.38. The molecule has 2 aromatic carbocycles. The summed E-state index contributed by atoms with van der Waals surface area (Å²) in [6.45, 7) is 3.81. The number of para-hydroxylation sites is 1. The van der Waals surface area contributed by atoms with Crippen LogP contribution in [0.15, 0.2) is 59.1 Å². The summed E-state index contributed by atoms with van der Waals surface area (Å²) in [6.07, 6.45) is -0.00475. The first-order chi connectivity index (χ1) is 13.6. The second kappa shape index (κ2) is 8.47. The van der Waals surface area contributed by atoms with Gasteiger partial charge in [-0.1, -0.05) is 48.5 Å². The average molecular weight is 442 g/mol. The number of rotatable bonds is 5. The monoisotopic (exact) mass is 441 g/mol. The van der Waals surface area contributed by atoms with E-state index in [9.17, 15) is 4.79 Å². The number of hydrogen-bond donors (Lipinski definition) is 1. The molecule has 0 bridgehead atoms. The largest absolute Gasteiger partial charge is 0.374 e. The number of carbonyl (C=O) groups excluding carboxylic acids is 1. The lowest BCUT2D eigenvalue weighted by Crippen LogP contribution is -2.47. The summed E-state index contributed by atoms with van der Waals surface area (Å²) >= 11 is 3.59. The molecular weight excluding hydrogens is 418 g/mol. The number of aryl methyl sites for hydroxylation is 1. The van der Waals surface area contributed by atoms with Gasteiger partial charge in [0.2, 0.25) is 0 Å². The maximum absolute atomic E-state index is 12.8. The van der Waals surface area contributed by atoms with E-state index >= 15 is 0 Å². The first-order valence-electron chi connectivity index (χ1n) is 9.52. The molecule has 0 radical (unpaired) electrons. The van der Waals surface area contributed by atoms with Crippen LogP contribution < -0.4 is 5.32 Å². The molecule has 0 spiro atoms. The summed E-state index contributed by atoms with van der Waals surface area (Å²) in [7, 11) is 1.92. The third-order valence-corrected chi connectivity index (χ3v) is 6.03. The lowest BCUT2D eigenvalue weighted by atomic mass is 10.2. The number of carbonyl (C=O) groups is 1. The molecule has 4 rings (SSSR count). The zero-order valence-corrected chi connectivity index (χ0v) is 17.5. The van der Waals surface area contributed by atoms with Crippen molar-refractivity contribution in [2.75, 3.05) is 26.2 Å². The first-order valence-corrected chi connectivity index (χ1v) is 10.3. The normalized spacial score (nSPS) is 17.7. The lowest BCUT2D eigenvalue weighted by molar-refractivity contribution is -0.0293. The third kappa shape index (κ3) is 3.99. The minimum atomic E-state index is -0.0886. The van der Waals surface area contributed by atoms with Gasteiger partial charge in [-0.15, -0.1) is 0 Å². The number of amides is 1. The fourth-order valence-corrected chi connectivity index (χ4v) is 4.56. The van der Waals surface area contributed by atoms with Crippen molar-refractivity contribution in [1.82, 2.24) is 14.8 Å². The molecule has 0 aliphatic carbocycles. The fourth-order valence-electron chi connectivity index (χ4n) is 3.78. The molecule has 146 valence electrons. The molecule has 1 unspecified atom stereocenters. The number of ether oxygens (including phenoxy) is 1. The molecule has 0 saturated carbocycles. The van der Waals surface area contributed by atoms with Gasteiger partial charge in [0.1, 0.15) is 5.69 Å². The van der Waals surface area contributed by atoms with E-state index in [4.69, 9.17) is 4.74 Å². The van der Waals surface area contributed by atoms with Crippen LogP contribution in [-0.2, 0) is 18.3 Å². The van der Waals surface area contributed by atoms with Crippen LogP contribution in [0.4, 0.5) is 0 Å². The van der Waals surface area contributed by atoms with E-state index in [1.807, 2.05) is 41.9 Å². The Kier molecular flexibility index (Phi) is 5.80. The van der Waals surface area contributed by atoms with Crippen molar-refractivity contribution in [3.63, 3.8) is 0 Å². The lowest BCUT2D eigenvalue weighted by Gasteiger charge is -2.33. The van der Waals surface area contributed by atoms with Crippen LogP contribution in [0.2, 0.25) is 0 Å². The number of fused-ring (bicyclic) bond motifs is 1. The number of hydrogen-bond acceptors (Lipinski definition) is 3. The van der Waals surface area contributed by atoms with E-state index in [0.29, 0.717) is 18.8 Å². The van der Waals surface area contributed by atoms with Crippen molar-refractivity contribution < 1.29 is 9.53 Å². The maximum atomic E-state index is 12.8. The minimum Gasteiger partial charge on any atom is -0.374 e. The molecule has 1 amide bonds. The Hall–Kier alpha value is -2.15. The molecule has 2 heterocycles. The van der Waals surface area contributed by atoms with Crippen LogP contribution in [-0.4, -0.2) is 47.7 Å². The highest BCUT2D eigenvalue weighted by Gasteiger charge is 2.23. The number of morpholine rings is 1. The van der Waals surface area contributed by atoms with Crippen LogP contribution in [0.3, 0.4) is 0 Å². The van der Waals surface area contributed by atoms with Crippen LogP contribution in [0.25, 0.3) is 10.9 Å². The summed E-state index contributed by atoms with van der Waals surface area (Å²) in [5.74, 6) is -0.0886. The Morgan fingerprint density at radius 1 is 1.18 bits per heavy atom. The summed E-state index contributed by atoms with van der Waals surface area (Å²) in [5.41, 5.74) is 2.97. The quantitative estimate of drug-likeness (QED) is 0.658. The second-order valence-corrected chi connectivity index (χ2v) is 7.96. The van der Waals surface area contributed by atoms with Crippen LogP contribution >= 0.6 is 15.9 Å². The predicted molar refractivity (Wildman–Crippen MR) is 114 cm³/mol. The van der Waals surface area contributed by atoms with Gasteiger partial charge in [0, 0.05) is 44.1 Å². The van der Waals surface area contributed by atoms with Crippen LogP contribution in [0.1, 0.15) is 16.1 Å². The number of nitrogens with one attached hydrogen (secondary N) is 1. The van der Waals surface area contributed by atoms with E-state index in [1.54, 1.807) is 0 Å². The van der Waals surface area contributed by atoms with Gasteiger partial charge in [-0.3, -0.25) is 9.69 Å². The Bertz CT molecular complexity index is 932. The molecule has 3 aromatic rings. The van der Waals surface area contributed by atoms with Crippen LogP contribution in [0, 0.1) is 0 Å². The first kappa shape index (κ1) is 19.2. The topological polar surface area (TPSA) is 46.5 Å².